The Hall–Kier alpha value is -1.22. The molecule has 2 N–H and O–H groups in total. The molecule has 1 aliphatic heterocycles. The maximum atomic E-state index is 3.61. The van der Waals surface area contributed by atoms with Gasteiger partial charge in [0.15, 0.2) is 0 Å². The molecule has 0 amide bonds. The molecule has 1 aromatic rings. The Bertz CT molecular complexity index is 368. The van der Waals surface area contributed by atoms with Gasteiger partial charge in [-0.25, -0.2) is 0 Å². The molecule has 1 atom stereocenters. The van der Waals surface area contributed by atoms with E-state index in [1.54, 1.807) is 0 Å². The van der Waals surface area contributed by atoms with Crippen molar-refractivity contribution in [3.63, 3.8) is 0 Å². The highest BCUT2D eigenvalue weighted by Crippen LogP contribution is 2.23. The van der Waals surface area contributed by atoms with Crippen LogP contribution >= 0.6 is 0 Å². The molecule has 0 saturated carbocycles. The van der Waals surface area contributed by atoms with Gasteiger partial charge in [-0.2, -0.15) is 0 Å². The van der Waals surface area contributed by atoms with Crippen molar-refractivity contribution in [2.45, 2.75) is 25.8 Å². The van der Waals surface area contributed by atoms with E-state index in [4.69, 9.17) is 0 Å². The first-order valence-electron chi connectivity index (χ1n) is 6.42. The third-order valence-electron chi connectivity index (χ3n) is 3.36. The fourth-order valence-electron chi connectivity index (χ4n) is 2.39. The summed E-state index contributed by atoms with van der Waals surface area (Å²) < 4.78 is 0. The Morgan fingerprint density at radius 2 is 2.18 bits per heavy atom. The van der Waals surface area contributed by atoms with Gasteiger partial charge in [-0.15, -0.1) is 0 Å². The quantitative estimate of drug-likeness (QED) is 0.838. The molecule has 0 bridgehead atoms. The summed E-state index contributed by atoms with van der Waals surface area (Å²) in [6, 6.07) is 7.18. The number of nitrogens with zero attached hydrogens (tertiary/aromatic N) is 1. The smallest absolute Gasteiger partial charge is 0.0411 e. The van der Waals surface area contributed by atoms with Gasteiger partial charge in [0.25, 0.3) is 0 Å². The summed E-state index contributed by atoms with van der Waals surface area (Å²) >= 11 is 0. The maximum absolute atomic E-state index is 3.61. The van der Waals surface area contributed by atoms with Crippen LogP contribution in [0.4, 0.5) is 11.4 Å². The minimum Gasteiger partial charge on any atom is -0.381 e. The summed E-state index contributed by atoms with van der Waals surface area (Å²) in [5, 5.41) is 7.05. The number of hydrogen-bond donors (Lipinski definition) is 2. The Balaban J connectivity index is 2.07. The first kappa shape index (κ1) is 12.2. The molecule has 0 aromatic heterocycles. The van der Waals surface area contributed by atoms with Gasteiger partial charge in [0.1, 0.15) is 0 Å². The van der Waals surface area contributed by atoms with Gasteiger partial charge in [0.05, 0.1) is 0 Å². The molecule has 3 nitrogen and oxygen atoms in total. The van der Waals surface area contributed by atoms with Crippen LogP contribution < -0.4 is 15.5 Å². The zero-order chi connectivity index (χ0) is 12.3. The number of anilines is 2. The predicted molar refractivity (Wildman–Crippen MR) is 75.0 cm³/mol. The van der Waals surface area contributed by atoms with Gasteiger partial charge in [-0.05, 0) is 44.0 Å². The monoisotopic (exact) mass is 233 g/mol. The second-order valence-electron chi connectivity index (χ2n) is 5.08. The lowest BCUT2D eigenvalue weighted by atomic mass is 10.1. The van der Waals surface area contributed by atoms with Gasteiger partial charge >= 0.3 is 0 Å². The van der Waals surface area contributed by atoms with Crippen LogP contribution in [0, 0.1) is 6.92 Å². The number of benzene rings is 1. The average molecular weight is 233 g/mol. The molecule has 1 saturated heterocycles. The maximum Gasteiger partial charge on any atom is 0.0411 e. The molecular weight excluding hydrogens is 210 g/mol. The van der Waals surface area contributed by atoms with Gasteiger partial charge in [-0.3, -0.25) is 0 Å². The molecule has 1 unspecified atom stereocenters. The molecule has 1 aliphatic rings. The molecule has 3 heteroatoms. The first-order chi connectivity index (χ1) is 8.16. The predicted octanol–water partition coefficient (Wildman–Crippen LogP) is 2.22. The van der Waals surface area contributed by atoms with E-state index >= 15 is 0 Å². The molecule has 1 fully saturated rings. The van der Waals surface area contributed by atoms with Crippen molar-refractivity contribution in [1.82, 2.24) is 5.32 Å². The lowest BCUT2D eigenvalue weighted by Crippen LogP contribution is -2.38. The molecule has 2 rings (SSSR count). The van der Waals surface area contributed by atoms with Crippen LogP contribution in [0.5, 0.6) is 0 Å². The van der Waals surface area contributed by atoms with Crippen molar-refractivity contribution in [3.05, 3.63) is 23.8 Å². The van der Waals surface area contributed by atoms with Crippen molar-refractivity contribution in [3.8, 4) is 0 Å². The molecule has 1 aromatic carbocycles. The van der Waals surface area contributed by atoms with Crippen molar-refractivity contribution in [2.75, 3.05) is 37.4 Å². The normalized spacial score (nSPS) is 20.1. The lowest BCUT2D eigenvalue weighted by molar-refractivity contribution is 0.480. The van der Waals surface area contributed by atoms with E-state index < -0.39 is 0 Å². The number of rotatable bonds is 3. The van der Waals surface area contributed by atoms with Crippen LogP contribution in [-0.4, -0.2) is 33.2 Å². The number of piperidine rings is 1. The highest BCUT2D eigenvalue weighted by atomic mass is 15.1. The second kappa shape index (κ2) is 5.41. The van der Waals surface area contributed by atoms with Crippen molar-refractivity contribution >= 4 is 11.4 Å². The zero-order valence-corrected chi connectivity index (χ0v) is 11.1. The van der Waals surface area contributed by atoms with Gasteiger partial charge in [-0.1, -0.05) is 6.07 Å². The van der Waals surface area contributed by atoms with Crippen molar-refractivity contribution < 1.29 is 0 Å². The molecule has 1 heterocycles. The van der Waals surface area contributed by atoms with Gasteiger partial charge in [0, 0.05) is 38.1 Å². The lowest BCUT2D eigenvalue weighted by Gasteiger charge is -2.26. The van der Waals surface area contributed by atoms with E-state index in [0.717, 1.165) is 13.1 Å². The standard InChI is InChI=1S/C14H23N3/c1-11-6-7-12(9-14(11)17(2)3)16-13-5-4-8-15-10-13/h6-7,9,13,15-16H,4-5,8,10H2,1-3H3. The Morgan fingerprint density at radius 1 is 1.35 bits per heavy atom. The average Bonchev–Trinajstić information content (AvgIpc) is 2.32. The summed E-state index contributed by atoms with van der Waals surface area (Å²) in [6.07, 6.45) is 2.53. The fraction of sp³-hybridized carbons (Fsp3) is 0.571. The van der Waals surface area contributed by atoms with Gasteiger partial charge < -0.3 is 15.5 Å². The first-order valence-corrected chi connectivity index (χ1v) is 6.42. The summed E-state index contributed by atoms with van der Waals surface area (Å²) in [5.74, 6) is 0. The van der Waals surface area contributed by atoms with E-state index in [0.29, 0.717) is 6.04 Å². The number of aryl methyl sites for hydroxylation is 1. The van der Waals surface area contributed by atoms with Crippen LogP contribution in [0.2, 0.25) is 0 Å². The Kier molecular flexibility index (Phi) is 3.89. The summed E-state index contributed by atoms with van der Waals surface area (Å²) in [5.41, 5.74) is 3.84. The molecule has 0 radical (unpaired) electrons. The molecule has 17 heavy (non-hydrogen) atoms. The van der Waals surface area contributed by atoms with Gasteiger partial charge in [0.2, 0.25) is 0 Å². The minimum atomic E-state index is 0.571. The third kappa shape index (κ3) is 3.13. The van der Waals surface area contributed by atoms with E-state index in [1.807, 2.05) is 0 Å². The Morgan fingerprint density at radius 3 is 2.82 bits per heavy atom. The minimum absolute atomic E-state index is 0.571. The molecule has 94 valence electrons. The highest BCUT2D eigenvalue weighted by Gasteiger charge is 2.12. The van der Waals surface area contributed by atoms with Crippen LogP contribution in [0.15, 0.2) is 18.2 Å². The topological polar surface area (TPSA) is 27.3 Å². The zero-order valence-electron chi connectivity index (χ0n) is 11.1. The van der Waals surface area contributed by atoms with Crippen molar-refractivity contribution in [2.24, 2.45) is 0 Å². The van der Waals surface area contributed by atoms with E-state index in [-0.39, 0.29) is 0 Å². The molecule has 0 aliphatic carbocycles. The van der Waals surface area contributed by atoms with E-state index in [9.17, 15) is 0 Å². The van der Waals surface area contributed by atoms with Crippen molar-refractivity contribution in [1.29, 1.82) is 0 Å². The summed E-state index contributed by atoms with van der Waals surface area (Å²) in [6.45, 7) is 4.39. The SMILES string of the molecule is Cc1ccc(NC2CCCNC2)cc1N(C)C. The molecular formula is C14H23N3. The summed E-state index contributed by atoms with van der Waals surface area (Å²) in [4.78, 5) is 2.17. The second-order valence-corrected chi connectivity index (χ2v) is 5.08. The van der Waals surface area contributed by atoms with Crippen LogP contribution in [0.25, 0.3) is 0 Å². The van der Waals surface area contributed by atoms with Crippen LogP contribution in [-0.2, 0) is 0 Å². The molecule has 0 spiro atoms. The van der Waals surface area contributed by atoms with E-state index in [1.165, 1.54) is 29.8 Å². The highest BCUT2D eigenvalue weighted by molar-refractivity contribution is 5.62. The third-order valence-corrected chi connectivity index (χ3v) is 3.36. The largest absolute Gasteiger partial charge is 0.381 e. The van der Waals surface area contributed by atoms with Crippen LogP contribution in [0.1, 0.15) is 18.4 Å². The Labute approximate surface area is 104 Å². The fourth-order valence-corrected chi connectivity index (χ4v) is 2.39. The number of nitrogens with one attached hydrogen (secondary N) is 2. The van der Waals surface area contributed by atoms with E-state index in [2.05, 4.69) is 54.8 Å². The summed E-state index contributed by atoms with van der Waals surface area (Å²) in [7, 11) is 4.18. The number of hydrogen-bond acceptors (Lipinski definition) is 3. The van der Waals surface area contributed by atoms with Crippen LogP contribution in [0.3, 0.4) is 0 Å².